The molecule has 0 radical (unpaired) electrons. The molecule has 7 heterocycles. The number of H-pyrrole nitrogens is 2. The fraction of sp³-hybridized carbons (Fsp3) is 0.449. The molecule has 10 rings (SSSR count). The van der Waals surface area contributed by atoms with Crippen molar-refractivity contribution in [1.29, 1.82) is 0 Å². The lowest BCUT2D eigenvalue weighted by molar-refractivity contribution is -0.135. The Labute approximate surface area is 380 Å². The molecule has 16 heteroatoms. The number of halogens is 1. The predicted octanol–water partition coefficient (Wildman–Crippen LogP) is 10.6. The normalized spacial score (nSPS) is 20.1. The Kier molecular flexibility index (Phi) is 11.0. The first-order valence-corrected chi connectivity index (χ1v) is 23.6. The van der Waals surface area contributed by atoms with Crippen LogP contribution in [0.25, 0.3) is 44.7 Å². The van der Waals surface area contributed by atoms with Gasteiger partial charge in [-0.3, -0.25) is 14.3 Å². The fourth-order valence-electron chi connectivity index (χ4n) is 9.79. The molecule has 340 valence electrons. The lowest BCUT2D eigenvalue weighted by atomic mass is 9.84. The molecule has 14 nitrogen and oxygen atoms in total. The molecule has 4 atom stereocenters. The van der Waals surface area contributed by atoms with Gasteiger partial charge in [-0.15, -0.1) is 11.3 Å². The number of imidazole rings is 2. The summed E-state index contributed by atoms with van der Waals surface area (Å²) in [5, 5.41) is 3.61. The quantitative estimate of drug-likeness (QED) is 0.129. The molecule has 3 fully saturated rings. The standard InChI is InChI=1S/C49H55FN8O6S/c1-26(2)42(55-47(60)62-6)45(59)56-18-8-12-35(56)43-52-25-33(54-43)29-21-31(50)41-37-22-30-20-28(32-24-51-44(53-32)36-13-9-19-57(36)48(61)64-49(3,4)5)14-15-34(30)58(37)46(63-38(41)23-29)40-17-16-39(65-40)27-10-7-11-27/h14-17,20-27,35-36,42,46H,7-13,18-19H2,1-6H3,(H,51,53)(H,52,54)(H,55,60)/t35-,36-,42-,46?/m0/s1. The number of hydrogen-bond donors (Lipinski definition) is 3. The van der Waals surface area contributed by atoms with E-state index in [-0.39, 0.29) is 30.0 Å². The average Bonchev–Trinajstić information content (AvgIpc) is 4.10. The van der Waals surface area contributed by atoms with Crippen LogP contribution in [0.5, 0.6) is 5.75 Å². The molecule has 1 unspecified atom stereocenters. The van der Waals surface area contributed by atoms with E-state index < -0.39 is 29.8 Å². The zero-order chi connectivity index (χ0) is 45.3. The van der Waals surface area contributed by atoms with Crippen molar-refractivity contribution < 1.29 is 33.0 Å². The van der Waals surface area contributed by atoms with Crippen molar-refractivity contribution in [3.8, 4) is 39.5 Å². The minimum atomic E-state index is -0.758. The van der Waals surface area contributed by atoms with Crippen molar-refractivity contribution in [2.45, 2.75) is 115 Å². The van der Waals surface area contributed by atoms with E-state index in [1.807, 2.05) is 59.0 Å². The molecule has 3 amide bonds. The Bertz CT molecular complexity index is 2800. The summed E-state index contributed by atoms with van der Waals surface area (Å²) in [6, 6.07) is 14.7. The number of alkyl carbamates (subject to hydrolysis) is 1. The van der Waals surface area contributed by atoms with Crippen LogP contribution in [0.2, 0.25) is 0 Å². The molecular formula is C49H55FN8O6S. The van der Waals surface area contributed by atoms with Crippen molar-refractivity contribution >= 4 is 40.3 Å². The number of carbonyl (C=O) groups excluding carboxylic acids is 3. The van der Waals surface area contributed by atoms with Crippen LogP contribution in [-0.4, -0.2) is 84.2 Å². The van der Waals surface area contributed by atoms with Crippen molar-refractivity contribution in [3.63, 3.8) is 0 Å². The van der Waals surface area contributed by atoms with Crippen molar-refractivity contribution in [2.75, 3.05) is 20.2 Å². The van der Waals surface area contributed by atoms with Gasteiger partial charge < -0.3 is 34.4 Å². The number of methoxy groups -OCH3 is 1. The molecule has 0 spiro atoms. The lowest BCUT2D eigenvalue weighted by Gasteiger charge is -2.30. The molecule has 3 aliphatic heterocycles. The Morgan fingerprint density at radius 3 is 2.20 bits per heavy atom. The molecule has 1 aliphatic carbocycles. The molecule has 4 aliphatic rings. The first-order valence-electron chi connectivity index (χ1n) is 22.7. The maximum Gasteiger partial charge on any atom is 0.410 e. The number of aromatic nitrogens is 5. The van der Waals surface area contributed by atoms with Gasteiger partial charge in [-0.2, -0.15) is 0 Å². The van der Waals surface area contributed by atoms with Crippen LogP contribution >= 0.6 is 11.3 Å². The maximum atomic E-state index is 16.9. The van der Waals surface area contributed by atoms with Crippen LogP contribution in [0.3, 0.4) is 0 Å². The minimum Gasteiger partial charge on any atom is -0.464 e. The van der Waals surface area contributed by atoms with Crippen molar-refractivity contribution in [2.24, 2.45) is 5.92 Å². The number of amides is 3. The van der Waals surface area contributed by atoms with Gasteiger partial charge in [0.15, 0.2) is 0 Å². The molecule has 2 aromatic carbocycles. The van der Waals surface area contributed by atoms with Gasteiger partial charge in [0.05, 0.1) is 64.6 Å². The van der Waals surface area contributed by atoms with Gasteiger partial charge in [-0.1, -0.05) is 26.3 Å². The number of nitrogens with zero attached hydrogens (tertiary/aromatic N) is 5. The number of ether oxygens (including phenoxy) is 3. The Morgan fingerprint density at radius 1 is 0.862 bits per heavy atom. The molecule has 4 aromatic heterocycles. The summed E-state index contributed by atoms with van der Waals surface area (Å²) in [7, 11) is 1.28. The second-order valence-corrected chi connectivity index (χ2v) is 20.2. The summed E-state index contributed by atoms with van der Waals surface area (Å²) in [6.45, 7) is 10.5. The summed E-state index contributed by atoms with van der Waals surface area (Å²) >= 11 is 1.76. The van der Waals surface area contributed by atoms with Gasteiger partial charge in [0.1, 0.15) is 34.9 Å². The lowest BCUT2D eigenvalue weighted by Crippen LogP contribution is -2.51. The monoisotopic (exact) mass is 902 g/mol. The molecule has 6 aromatic rings. The first kappa shape index (κ1) is 42.8. The SMILES string of the molecule is COC(=O)N[C@H](C(=O)N1CCC[C@H]1c1ncc(-c2cc(F)c3c(c2)OC(c2ccc(C4CCC4)s2)n2c-3cc3cc(-c4cnc([C@@H]5CCCN5C(=O)OC(C)(C)C)[nH]4)ccc32)[nH]1)C(C)C. The van der Waals surface area contributed by atoms with Gasteiger partial charge in [0.2, 0.25) is 12.1 Å². The third-order valence-corrected chi connectivity index (χ3v) is 14.6. The second kappa shape index (κ2) is 16.7. The van der Waals surface area contributed by atoms with E-state index in [0.717, 1.165) is 46.3 Å². The second-order valence-electron chi connectivity index (χ2n) is 19.1. The highest BCUT2D eigenvalue weighted by Gasteiger charge is 2.39. The highest BCUT2D eigenvalue weighted by Crippen LogP contribution is 2.50. The number of benzene rings is 2. The van der Waals surface area contributed by atoms with Gasteiger partial charge in [0, 0.05) is 34.5 Å². The van der Waals surface area contributed by atoms with E-state index in [9.17, 15) is 14.4 Å². The number of likely N-dealkylation sites (tertiary alicyclic amines) is 2. The molecule has 0 bridgehead atoms. The molecular weight excluding hydrogens is 848 g/mol. The van der Waals surface area contributed by atoms with Crippen LogP contribution in [-0.2, 0) is 14.3 Å². The first-order chi connectivity index (χ1) is 31.2. The van der Waals surface area contributed by atoms with E-state index in [0.29, 0.717) is 65.3 Å². The van der Waals surface area contributed by atoms with E-state index in [1.54, 1.807) is 27.3 Å². The Morgan fingerprint density at radius 2 is 1.54 bits per heavy atom. The van der Waals surface area contributed by atoms with Crippen molar-refractivity contribution in [1.82, 2.24) is 39.6 Å². The van der Waals surface area contributed by atoms with E-state index in [4.69, 9.17) is 24.2 Å². The molecule has 2 saturated heterocycles. The van der Waals surface area contributed by atoms with Gasteiger partial charge in [-0.25, -0.2) is 23.9 Å². The van der Waals surface area contributed by atoms with Gasteiger partial charge in [0.25, 0.3) is 0 Å². The molecule has 1 saturated carbocycles. The Balaban J connectivity index is 0.980. The zero-order valence-electron chi connectivity index (χ0n) is 37.6. The average molecular weight is 903 g/mol. The van der Waals surface area contributed by atoms with Gasteiger partial charge >= 0.3 is 12.2 Å². The summed E-state index contributed by atoms with van der Waals surface area (Å²) in [5.41, 5.74) is 4.28. The number of aromatic amines is 2. The number of hydrogen-bond acceptors (Lipinski definition) is 9. The van der Waals surface area contributed by atoms with Crippen LogP contribution in [0, 0.1) is 11.7 Å². The summed E-state index contributed by atoms with van der Waals surface area (Å²) in [6.07, 6.45) is 8.65. The highest BCUT2D eigenvalue weighted by molar-refractivity contribution is 7.12. The van der Waals surface area contributed by atoms with E-state index in [1.165, 1.54) is 37.3 Å². The van der Waals surface area contributed by atoms with Crippen LogP contribution in [0.1, 0.15) is 125 Å². The summed E-state index contributed by atoms with van der Waals surface area (Å²) in [4.78, 5) is 61.3. The zero-order valence-corrected chi connectivity index (χ0v) is 38.4. The van der Waals surface area contributed by atoms with Crippen LogP contribution in [0.15, 0.2) is 60.9 Å². The molecule has 3 N–H and O–H groups in total. The van der Waals surface area contributed by atoms with Crippen molar-refractivity contribution in [3.05, 3.63) is 88.1 Å². The third kappa shape index (κ3) is 7.93. The smallest absolute Gasteiger partial charge is 0.410 e. The third-order valence-electron chi connectivity index (χ3n) is 13.3. The highest BCUT2D eigenvalue weighted by atomic mass is 32.1. The topological polar surface area (TPSA) is 160 Å². The number of thiophene rings is 1. The number of carbonyl (C=O) groups is 3. The van der Waals surface area contributed by atoms with Gasteiger partial charge in [-0.05, 0) is 114 Å². The summed E-state index contributed by atoms with van der Waals surface area (Å²) in [5.74, 6) is 1.48. The van der Waals surface area contributed by atoms with Crippen LogP contribution < -0.4 is 10.1 Å². The maximum absolute atomic E-state index is 16.9. The number of rotatable bonds is 9. The molecule has 65 heavy (non-hydrogen) atoms. The number of fused-ring (bicyclic) bond motifs is 5. The minimum absolute atomic E-state index is 0.164. The van der Waals surface area contributed by atoms with E-state index >= 15 is 4.39 Å². The summed E-state index contributed by atoms with van der Waals surface area (Å²) < 4.78 is 36.4. The van der Waals surface area contributed by atoms with Crippen LogP contribution in [0.4, 0.5) is 14.0 Å². The number of nitrogens with one attached hydrogen (secondary N) is 3. The predicted molar refractivity (Wildman–Crippen MR) is 245 cm³/mol. The largest absolute Gasteiger partial charge is 0.464 e. The Hall–Kier alpha value is -6.16. The van der Waals surface area contributed by atoms with E-state index in [2.05, 4.69) is 44.1 Å². The fourth-order valence-corrected chi connectivity index (χ4v) is 11.0.